The quantitative estimate of drug-likeness (QED) is 0.340. The molecule has 0 saturated heterocycles. The molecule has 2 atom stereocenters. The van der Waals surface area contributed by atoms with Gasteiger partial charge in [0.2, 0.25) is 7.37 Å². The number of carboxylic acid groups (broad SMARTS) is 1. The fourth-order valence-corrected chi connectivity index (χ4v) is 5.06. The molecule has 1 aromatic heterocycles. The largest absolute Gasteiger partial charge is 0.481 e. The van der Waals surface area contributed by atoms with Gasteiger partial charge in [0.15, 0.2) is 5.82 Å². The first-order chi connectivity index (χ1) is 16.6. The van der Waals surface area contributed by atoms with Crippen LogP contribution >= 0.6 is 7.37 Å². The highest BCUT2D eigenvalue weighted by Gasteiger charge is 2.25. The number of aliphatic hydroxyl groups is 1. The first-order valence-corrected chi connectivity index (χ1v) is 13.0. The summed E-state index contributed by atoms with van der Waals surface area (Å²) in [6, 6.07) is 15.4. The molecular formula is C26H28FN2O5P. The van der Waals surface area contributed by atoms with Crippen molar-refractivity contribution in [3.8, 4) is 22.6 Å². The smallest absolute Gasteiger partial charge is 0.305 e. The minimum Gasteiger partial charge on any atom is -0.481 e. The van der Waals surface area contributed by atoms with Gasteiger partial charge in [-0.05, 0) is 36.3 Å². The normalized spacial score (nSPS) is 14.2. The minimum absolute atomic E-state index is 0.0427. The van der Waals surface area contributed by atoms with Gasteiger partial charge in [0.1, 0.15) is 5.82 Å². The van der Waals surface area contributed by atoms with E-state index in [0.29, 0.717) is 28.3 Å². The van der Waals surface area contributed by atoms with Crippen molar-refractivity contribution in [3.63, 3.8) is 0 Å². The summed E-state index contributed by atoms with van der Waals surface area (Å²) in [5, 5.41) is 18.9. The van der Waals surface area contributed by atoms with E-state index in [1.807, 2.05) is 44.2 Å². The number of carboxylic acids is 1. The maximum atomic E-state index is 13.7. The lowest BCUT2D eigenvalue weighted by Crippen LogP contribution is -2.17. The fourth-order valence-electron chi connectivity index (χ4n) is 3.58. The number of benzene rings is 2. The van der Waals surface area contributed by atoms with E-state index < -0.39 is 25.9 Å². The minimum atomic E-state index is -3.53. The van der Waals surface area contributed by atoms with Crippen molar-refractivity contribution in [2.75, 3.05) is 13.3 Å². The molecule has 0 aliphatic rings. The second-order valence-corrected chi connectivity index (χ2v) is 10.9. The number of rotatable bonds is 10. The standard InChI is InChI=1S/C26H28FN2O5P/c1-17(2)24-22(13-14-35(33,34-3)16-21(30)15-23(31)32)25(18-9-11-20(27)12-10-18)29-26(28-24)19-7-5-4-6-8-19/h4-14,17,21,30H,15-16H2,1-3H3,(H,31,32)/t21-,35?/m0/s1. The molecule has 0 aliphatic carbocycles. The summed E-state index contributed by atoms with van der Waals surface area (Å²) >= 11 is 0. The van der Waals surface area contributed by atoms with Gasteiger partial charge >= 0.3 is 5.97 Å². The van der Waals surface area contributed by atoms with Crippen LogP contribution in [0.4, 0.5) is 4.39 Å². The van der Waals surface area contributed by atoms with Crippen molar-refractivity contribution < 1.29 is 28.5 Å². The van der Waals surface area contributed by atoms with E-state index in [2.05, 4.69) is 0 Å². The molecule has 3 rings (SSSR count). The van der Waals surface area contributed by atoms with Crippen LogP contribution in [-0.2, 0) is 13.9 Å². The molecule has 35 heavy (non-hydrogen) atoms. The zero-order chi connectivity index (χ0) is 25.6. The lowest BCUT2D eigenvalue weighted by Gasteiger charge is -2.18. The van der Waals surface area contributed by atoms with Crippen LogP contribution in [0.3, 0.4) is 0 Å². The number of hydrogen-bond donors (Lipinski definition) is 2. The molecule has 3 aromatic rings. The number of hydrogen-bond acceptors (Lipinski definition) is 6. The molecular weight excluding hydrogens is 470 g/mol. The molecule has 7 nitrogen and oxygen atoms in total. The van der Waals surface area contributed by atoms with Gasteiger partial charge in [-0.1, -0.05) is 44.2 Å². The number of aromatic nitrogens is 2. The average Bonchev–Trinajstić information content (AvgIpc) is 2.82. The van der Waals surface area contributed by atoms with E-state index in [4.69, 9.17) is 19.6 Å². The molecule has 1 unspecified atom stereocenters. The lowest BCUT2D eigenvalue weighted by molar-refractivity contribution is -0.138. The van der Waals surface area contributed by atoms with Crippen LogP contribution in [0.2, 0.25) is 0 Å². The van der Waals surface area contributed by atoms with Gasteiger partial charge in [0.05, 0.1) is 30.1 Å². The maximum Gasteiger partial charge on any atom is 0.305 e. The number of halogens is 1. The van der Waals surface area contributed by atoms with E-state index >= 15 is 0 Å². The van der Waals surface area contributed by atoms with Crippen LogP contribution in [0.1, 0.15) is 37.4 Å². The van der Waals surface area contributed by atoms with Crippen LogP contribution in [-0.4, -0.2) is 45.5 Å². The van der Waals surface area contributed by atoms with Gasteiger partial charge < -0.3 is 14.7 Å². The predicted molar refractivity (Wildman–Crippen MR) is 134 cm³/mol. The summed E-state index contributed by atoms with van der Waals surface area (Å²) in [7, 11) is -2.28. The topological polar surface area (TPSA) is 110 Å². The Kier molecular flexibility index (Phi) is 8.67. The Morgan fingerprint density at radius 3 is 2.31 bits per heavy atom. The molecule has 0 radical (unpaired) electrons. The monoisotopic (exact) mass is 498 g/mol. The summed E-state index contributed by atoms with van der Waals surface area (Å²) in [4.78, 5) is 20.5. The van der Waals surface area contributed by atoms with Crippen molar-refractivity contribution in [2.45, 2.75) is 32.3 Å². The van der Waals surface area contributed by atoms with E-state index in [0.717, 1.165) is 5.56 Å². The Morgan fingerprint density at radius 1 is 1.09 bits per heavy atom. The van der Waals surface area contributed by atoms with Gasteiger partial charge in [-0.3, -0.25) is 9.36 Å². The average molecular weight is 498 g/mol. The predicted octanol–water partition coefficient (Wildman–Crippen LogP) is 5.80. The molecule has 0 amide bonds. The SMILES string of the molecule is COP(=O)(C=Cc1c(-c2ccc(F)cc2)nc(-c2ccccc2)nc1C(C)C)C[C@@H](O)CC(=O)O. The third kappa shape index (κ3) is 6.92. The van der Waals surface area contributed by atoms with Crippen molar-refractivity contribution in [1.82, 2.24) is 9.97 Å². The van der Waals surface area contributed by atoms with Crippen molar-refractivity contribution in [2.24, 2.45) is 0 Å². The Balaban J connectivity index is 2.17. The lowest BCUT2D eigenvalue weighted by atomic mass is 9.98. The summed E-state index contributed by atoms with van der Waals surface area (Å²) < 4.78 is 32.1. The van der Waals surface area contributed by atoms with Crippen LogP contribution < -0.4 is 0 Å². The Morgan fingerprint density at radius 2 is 1.74 bits per heavy atom. The molecule has 1 heterocycles. The zero-order valence-corrected chi connectivity index (χ0v) is 20.7. The summed E-state index contributed by atoms with van der Waals surface area (Å²) in [5.41, 5.74) is 3.24. The van der Waals surface area contributed by atoms with Crippen molar-refractivity contribution in [3.05, 3.63) is 77.5 Å². The van der Waals surface area contributed by atoms with E-state index in [9.17, 15) is 18.9 Å². The summed E-state index contributed by atoms with van der Waals surface area (Å²) in [6.07, 6.45) is -0.645. The van der Waals surface area contributed by atoms with E-state index in [1.165, 1.54) is 25.1 Å². The van der Waals surface area contributed by atoms with Crippen molar-refractivity contribution >= 4 is 19.4 Å². The molecule has 9 heteroatoms. The number of aliphatic hydroxyl groups excluding tert-OH is 1. The third-order valence-corrected chi connectivity index (χ3v) is 7.48. The molecule has 0 fully saturated rings. The van der Waals surface area contributed by atoms with Crippen LogP contribution in [0.25, 0.3) is 28.7 Å². The van der Waals surface area contributed by atoms with Gasteiger partial charge in [0.25, 0.3) is 0 Å². The van der Waals surface area contributed by atoms with Gasteiger partial charge in [-0.25, -0.2) is 14.4 Å². The van der Waals surface area contributed by atoms with Crippen molar-refractivity contribution in [1.29, 1.82) is 0 Å². The van der Waals surface area contributed by atoms with E-state index in [1.54, 1.807) is 18.2 Å². The van der Waals surface area contributed by atoms with Gasteiger partial charge in [-0.15, -0.1) is 0 Å². The molecule has 0 bridgehead atoms. The molecule has 2 N–H and O–H groups in total. The second-order valence-electron chi connectivity index (χ2n) is 8.38. The van der Waals surface area contributed by atoms with Crippen LogP contribution in [0.15, 0.2) is 60.4 Å². The zero-order valence-electron chi connectivity index (χ0n) is 19.8. The second kappa shape index (κ2) is 11.5. The van der Waals surface area contributed by atoms with Gasteiger partial charge in [-0.2, -0.15) is 0 Å². The maximum absolute atomic E-state index is 13.7. The number of aliphatic carboxylic acids is 1. The fraction of sp³-hybridized carbons (Fsp3) is 0.269. The van der Waals surface area contributed by atoms with Gasteiger partial charge in [0, 0.05) is 29.6 Å². The first kappa shape index (κ1) is 26.4. The highest BCUT2D eigenvalue weighted by atomic mass is 31.2. The number of carbonyl (C=O) groups is 1. The highest BCUT2D eigenvalue weighted by Crippen LogP contribution is 2.49. The molecule has 184 valence electrons. The highest BCUT2D eigenvalue weighted by molar-refractivity contribution is 7.62. The third-order valence-electron chi connectivity index (χ3n) is 5.32. The molecule has 2 aromatic carbocycles. The summed E-state index contributed by atoms with van der Waals surface area (Å²) in [6.45, 7) is 3.94. The summed E-state index contributed by atoms with van der Waals surface area (Å²) in [5.74, 6) is 0.215. The Bertz CT molecular complexity index is 1250. The first-order valence-electron chi connectivity index (χ1n) is 11.1. The molecule has 0 saturated carbocycles. The Hall–Kier alpha value is -3.19. The Labute approximate surface area is 203 Å². The number of nitrogens with zero attached hydrogens (tertiary/aromatic N) is 2. The molecule has 0 spiro atoms. The van der Waals surface area contributed by atoms with Crippen LogP contribution in [0.5, 0.6) is 0 Å². The van der Waals surface area contributed by atoms with E-state index in [-0.39, 0.29) is 17.9 Å². The molecule has 0 aliphatic heterocycles. The van der Waals surface area contributed by atoms with Crippen LogP contribution in [0, 0.1) is 5.82 Å².